The summed E-state index contributed by atoms with van der Waals surface area (Å²) < 4.78 is 14.8. The van der Waals surface area contributed by atoms with Crippen LogP contribution in [0.3, 0.4) is 0 Å². The number of carboxylic acids is 1. The zero-order valence-corrected chi connectivity index (χ0v) is 15.9. The first kappa shape index (κ1) is 18.9. The lowest BCUT2D eigenvalue weighted by Crippen LogP contribution is -2.43. The molecular formula is C21H21FN4O3. The molecule has 7 nitrogen and oxygen atoms in total. The monoisotopic (exact) mass is 396 g/mol. The van der Waals surface area contributed by atoms with Gasteiger partial charge < -0.3 is 25.6 Å². The molecule has 1 fully saturated rings. The van der Waals surface area contributed by atoms with Gasteiger partial charge in [-0.2, -0.15) is 0 Å². The molecule has 0 unspecified atom stereocenters. The van der Waals surface area contributed by atoms with Crippen LogP contribution in [0.15, 0.2) is 36.5 Å². The van der Waals surface area contributed by atoms with E-state index >= 15 is 0 Å². The molecule has 0 spiro atoms. The topological polar surface area (TPSA) is 97.5 Å². The fourth-order valence-electron chi connectivity index (χ4n) is 3.89. The summed E-state index contributed by atoms with van der Waals surface area (Å²) in [6.07, 6.45) is 1.83. The normalized spacial score (nSPS) is 15.1. The fraction of sp³-hybridized carbons (Fsp3) is 0.238. The van der Waals surface area contributed by atoms with Crippen molar-refractivity contribution in [2.75, 3.05) is 36.4 Å². The number of hydrogen-bond donors (Lipinski definition) is 4. The standard InChI is InChI=1S/C19H17FN4O.C2H4O2/c20-12-3-4-14-18-16(19(25)23-14)11(13-2-1-5-22-13)10-15(17(12)18)24-8-6-21-7-9-24;1-2(3)4/h1-5,10,21-22H,6-9H2,(H,23,25);1H3,(H,3,4). The van der Waals surface area contributed by atoms with Gasteiger partial charge in [0.15, 0.2) is 0 Å². The van der Waals surface area contributed by atoms with Gasteiger partial charge in [0.05, 0.1) is 5.56 Å². The molecule has 1 amide bonds. The van der Waals surface area contributed by atoms with Gasteiger partial charge in [-0.3, -0.25) is 9.59 Å². The summed E-state index contributed by atoms with van der Waals surface area (Å²) in [6, 6.07) is 8.87. The van der Waals surface area contributed by atoms with Crippen molar-refractivity contribution >= 4 is 34.0 Å². The third-order valence-corrected chi connectivity index (χ3v) is 5.03. The van der Waals surface area contributed by atoms with Gasteiger partial charge >= 0.3 is 0 Å². The second kappa shape index (κ2) is 7.56. The van der Waals surface area contributed by atoms with Gasteiger partial charge in [-0.1, -0.05) is 0 Å². The minimum absolute atomic E-state index is 0.179. The Kier molecular flexibility index (Phi) is 4.94. The van der Waals surface area contributed by atoms with Crippen molar-refractivity contribution in [3.63, 3.8) is 0 Å². The van der Waals surface area contributed by atoms with Gasteiger partial charge in [-0.15, -0.1) is 0 Å². The molecular weight excluding hydrogens is 375 g/mol. The zero-order chi connectivity index (χ0) is 20.5. The highest BCUT2D eigenvalue weighted by atomic mass is 19.1. The van der Waals surface area contributed by atoms with Gasteiger partial charge in [0.2, 0.25) is 0 Å². The molecule has 1 aromatic heterocycles. The van der Waals surface area contributed by atoms with Crippen LogP contribution in [0.2, 0.25) is 0 Å². The third kappa shape index (κ3) is 3.42. The minimum atomic E-state index is -0.833. The molecule has 2 aromatic carbocycles. The Morgan fingerprint density at radius 2 is 1.90 bits per heavy atom. The number of nitrogens with zero attached hydrogens (tertiary/aromatic N) is 1. The molecule has 150 valence electrons. The van der Waals surface area contributed by atoms with Crippen LogP contribution < -0.4 is 15.5 Å². The number of amides is 1. The first-order valence-corrected chi connectivity index (χ1v) is 9.37. The number of H-pyrrole nitrogens is 1. The molecule has 2 aliphatic rings. The number of rotatable bonds is 2. The van der Waals surface area contributed by atoms with Crippen molar-refractivity contribution < 1.29 is 19.1 Å². The maximum atomic E-state index is 14.8. The van der Waals surface area contributed by atoms with Gasteiger partial charge in [0.1, 0.15) is 5.82 Å². The molecule has 2 aliphatic heterocycles. The first-order valence-electron chi connectivity index (χ1n) is 9.37. The molecule has 0 atom stereocenters. The minimum Gasteiger partial charge on any atom is -0.481 e. The highest BCUT2D eigenvalue weighted by molar-refractivity contribution is 6.28. The number of benzene rings is 2. The molecule has 5 rings (SSSR count). The van der Waals surface area contributed by atoms with E-state index < -0.39 is 5.97 Å². The first-order chi connectivity index (χ1) is 14.0. The maximum Gasteiger partial charge on any atom is 0.300 e. The number of piperazine rings is 1. The van der Waals surface area contributed by atoms with Crippen molar-refractivity contribution in [2.45, 2.75) is 6.92 Å². The molecule has 3 heterocycles. The van der Waals surface area contributed by atoms with E-state index in [1.807, 2.05) is 24.4 Å². The Morgan fingerprint density at radius 3 is 2.55 bits per heavy atom. The summed E-state index contributed by atoms with van der Waals surface area (Å²) in [5.74, 6) is -1.30. The molecule has 0 radical (unpaired) electrons. The molecule has 3 aromatic rings. The highest BCUT2D eigenvalue weighted by Crippen LogP contribution is 2.44. The average Bonchev–Trinajstić information content (AvgIpc) is 3.34. The number of anilines is 2. The van der Waals surface area contributed by atoms with Gasteiger partial charge in [0.25, 0.3) is 11.9 Å². The molecule has 4 N–H and O–H groups in total. The average molecular weight is 396 g/mol. The summed E-state index contributed by atoms with van der Waals surface area (Å²) in [6.45, 7) is 4.42. The number of hydrogen-bond acceptors (Lipinski definition) is 4. The lowest BCUT2D eigenvalue weighted by atomic mass is 9.95. The molecule has 1 saturated heterocycles. The van der Waals surface area contributed by atoms with Crippen LogP contribution in [0.25, 0.3) is 22.0 Å². The summed E-state index contributed by atoms with van der Waals surface area (Å²) in [7, 11) is 0. The summed E-state index contributed by atoms with van der Waals surface area (Å²) in [4.78, 5) is 27.0. The Labute approximate surface area is 166 Å². The van der Waals surface area contributed by atoms with Crippen LogP contribution in [-0.4, -0.2) is 48.1 Å². The van der Waals surface area contributed by atoms with E-state index in [2.05, 4.69) is 20.5 Å². The van der Waals surface area contributed by atoms with Gasteiger partial charge in [-0.05, 0) is 30.3 Å². The van der Waals surface area contributed by atoms with Crippen LogP contribution in [0, 0.1) is 5.82 Å². The van der Waals surface area contributed by atoms with Crippen molar-refractivity contribution in [1.29, 1.82) is 0 Å². The molecule has 8 heteroatoms. The summed E-state index contributed by atoms with van der Waals surface area (Å²) in [5, 5.41) is 14.8. The van der Waals surface area contributed by atoms with Crippen LogP contribution in [0.1, 0.15) is 17.3 Å². The van der Waals surface area contributed by atoms with E-state index in [9.17, 15) is 9.18 Å². The maximum absolute atomic E-state index is 14.8. The number of carbonyl (C=O) groups excluding carboxylic acids is 1. The van der Waals surface area contributed by atoms with Crippen molar-refractivity contribution in [1.82, 2.24) is 10.3 Å². The summed E-state index contributed by atoms with van der Waals surface area (Å²) >= 11 is 0. The van der Waals surface area contributed by atoms with Crippen molar-refractivity contribution in [3.8, 4) is 11.3 Å². The van der Waals surface area contributed by atoms with Crippen LogP contribution in [0.4, 0.5) is 15.8 Å². The lowest BCUT2D eigenvalue weighted by molar-refractivity contribution is -0.134. The molecule has 0 bridgehead atoms. The van der Waals surface area contributed by atoms with E-state index in [0.29, 0.717) is 22.0 Å². The Hall–Kier alpha value is -3.39. The smallest absolute Gasteiger partial charge is 0.300 e. The number of carbonyl (C=O) groups is 2. The van der Waals surface area contributed by atoms with E-state index in [1.54, 1.807) is 6.07 Å². The predicted octanol–water partition coefficient (Wildman–Crippen LogP) is 3.04. The lowest BCUT2D eigenvalue weighted by Gasteiger charge is -2.31. The van der Waals surface area contributed by atoms with E-state index in [0.717, 1.165) is 50.0 Å². The second-order valence-corrected chi connectivity index (χ2v) is 6.96. The van der Waals surface area contributed by atoms with Crippen molar-refractivity contribution in [2.24, 2.45) is 0 Å². The molecule has 29 heavy (non-hydrogen) atoms. The highest BCUT2D eigenvalue weighted by Gasteiger charge is 2.30. The SMILES string of the molecule is CC(=O)O.O=C1Nc2ccc(F)c3c(N4CCNCC4)cc(-c4ccc[nH]4)c1c23. The zero-order valence-electron chi connectivity index (χ0n) is 15.9. The van der Waals surface area contributed by atoms with Crippen LogP contribution >= 0.6 is 0 Å². The van der Waals surface area contributed by atoms with Crippen LogP contribution in [0.5, 0.6) is 0 Å². The predicted molar refractivity (Wildman–Crippen MR) is 110 cm³/mol. The van der Waals surface area contributed by atoms with Crippen LogP contribution in [-0.2, 0) is 4.79 Å². The largest absolute Gasteiger partial charge is 0.481 e. The fourth-order valence-corrected chi connectivity index (χ4v) is 3.89. The molecule has 0 aliphatic carbocycles. The quantitative estimate of drug-likeness (QED) is 0.534. The third-order valence-electron chi connectivity index (χ3n) is 5.03. The number of aromatic nitrogens is 1. The Balaban J connectivity index is 0.000000472. The number of nitrogens with one attached hydrogen (secondary N) is 3. The molecule has 0 saturated carbocycles. The number of aromatic amines is 1. The summed E-state index contributed by atoms with van der Waals surface area (Å²) in [5.41, 5.74) is 3.75. The Morgan fingerprint density at radius 1 is 1.17 bits per heavy atom. The number of aliphatic carboxylic acids is 1. The van der Waals surface area contributed by atoms with Gasteiger partial charge in [-0.25, -0.2) is 4.39 Å². The van der Waals surface area contributed by atoms with E-state index in [1.165, 1.54) is 6.07 Å². The van der Waals surface area contributed by atoms with E-state index in [-0.39, 0.29) is 11.7 Å². The number of halogens is 1. The number of carboxylic acid groups (broad SMARTS) is 1. The van der Waals surface area contributed by atoms with Gasteiger partial charge in [0, 0.05) is 72.7 Å². The van der Waals surface area contributed by atoms with E-state index in [4.69, 9.17) is 9.90 Å². The Bertz CT molecular complexity index is 1090. The second-order valence-electron chi connectivity index (χ2n) is 6.96. The van der Waals surface area contributed by atoms with Crippen molar-refractivity contribution in [3.05, 3.63) is 47.9 Å².